The van der Waals surface area contributed by atoms with Crippen LogP contribution in [0.4, 0.5) is 0 Å². The van der Waals surface area contributed by atoms with Gasteiger partial charge in [-0.2, -0.15) is 0 Å². The van der Waals surface area contributed by atoms with Crippen LogP contribution >= 0.6 is 0 Å². The number of carbonyl (C=O) groups is 2. The summed E-state index contributed by atoms with van der Waals surface area (Å²) >= 11 is 0. The Morgan fingerprint density at radius 3 is 2.55 bits per heavy atom. The van der Waals surface area contributed by atoms with Gasteiger partial charge >= 0.3 is 5.97 Å². The number of carbonyl (C=O) groups excluding carboxylic acids is 1. The lowest BCUT2D eigenvalue weighted by Gasteiger charge is -2.19. The number of carboxylic acids is 1. The van der Waals surface area contributed by atoms with Crippen LogP contribution < -0.4 is 11.1 Å². The summed E-state index contributed by atoms with van der Waals surface area (Å²) in [7, 11) is 0. The van der Waals surface area contributed by atoms with Crippen LogP contribution in [-0.4, -0.2) is 29.1 Å². The zero-order chi connectivity index (χ0) is 14.5. The zero-order valence-corrected chi connectivity index (χ0v) is 11.3. The Kier molecular flexibility index (Phi) is 4.74. The molecular formula is C15H20N2O3. The Balaban J connectivity index is 1.99. The maximum absolute atomic E-state index is 12.1. The van der Waals surface area contributed by atoms with Crippen LogP contribution in [0.1, 0.15) is 24.8 Å². The van der Waals surface area contributed by atoms with E-state index in [4.69, 9.17) is 5.73 Å². The summed E-state index contributed by atoms with van der Waals surface area (Å²) in [6.07, 6.45) is 2.78. The molecule has 1 saturated carbocycles. The van der Waals surface area contributed by atoms with Crippen molar-refractivity contribution in [2.24, 2.45) is 11.7 Å². The van der Waals surface area contributed by atoms with E-state index in [0.29, 0.717) is 0 Å². The highest BCUT2D eigenvalue weighted by atomic mass is 16.4. The Bertz CT molecular complexity index is 475. The molecule has 1 aromatic carbocycles. The van der Waals surface area contributed by atoms with Crippen molar-refractivity contribution < 1.29 is 14.7 Å². The van der Waals surface area contributed by atoms with Crippen LogP contribution in [0.25, 0.3) is 0 Å². The van der Waals surface area contributed by atoms with Crippen molar-refractivity contribution in [2.75, 3.05) is 0 Å². The minimum absolute atomic E-state index is 0.152. The van der Waals surface area contributed by atoms with E-state index >= 15 is 0 Å². The molecule has 0 aliphatic heterocycles. The van der Waals surface area contributed by atoms with E-state index < -0.39 is 12.0 Å². The first-order valence-electron chi connectivity index (χ1n) is 6.90. The summed E-state index contributed by atoms with van der Waals surface area (Å²) in [6, 6.07) is 8.22. The SMILES string of the molecule is N[C@@H]1CCC[C@@H]1C(=O)N[C@@H](Cc1ccccc1)C(=O)O. The quantitative estimate of drug-likeness (QED) is 0.746. The molecule has 4 N–H and O–H groups in total. The largest absolute Gasteiger partial charge is 0.480 e. The molecule has 108 valence electrons. The van der Waals surface area contributed by atoms with Gasteiger partial charge in [0, 0.05) is 12.5 Å². The topological polar surface area (TPSA) is 92.4 Å². The van der Waals surface area contributed by atoms with Gasteiger partial charge in [0.15, 0.2) is 0 Å². The van der Waals surface area contributed by atoms with Gasteiger partial charge in [-0.1, -0.05) is 36.8 Å². The Hall–Kier alpha value is -1.88. The van der Waals surface area contributed by atoms with Crippen LogP contribution in [0, 0.1) is 5.92 Å². The van der Waals surface area contributed by atoms with E-state index in [0.717, 1.165) is 24.8 Å². The molecule has 0 bridgehead atoms. The van der Waals surface area contributed by atoms with Crippen LogP contribution in [0.15, 0.2) is 30.3 Å². The van der Waals surface area contributed by atoms with E-state index in [1.165, 1.54) is 0 Å². The molecule has 5 heteroatoms. The van der Waals surface area contributed by atoms with Crippen LogP contribution in [0.5, 0.6) is 0 Å². The van der Waals surface area contributed by atoms with Gasteiger partial charge in [0.2, 0.25) is 5.91 Å². The van der Waals surface area contributed by atoms with Crippen molar-refractivity contribution in [3.05, 3.63) is 35.9 Å². The van der Waals surface area contributed by atoms with Gasteiger partial charge in [-0.3, -0.25) is 4.79 Å². The average molecular weight is 276 g/mol. The summed E-state index contributed by atoms with van der Waals surface area (Å²) in [5, 5.41) is 11.9. The van der Waals surface area contributed by atoms with E-state index in [1.54, 1.807) is 0 Å². The molecule has 2 rings (SSSR count). The first-order chi connectivity index (χ1) is 9.58. The van der Waals surface area contributed by atoms with Gasteiger partial charge in [-0.15, -0.1) is 0 Å². The number of rotatable bonds is 5. The Morgan fingerprint density at radius 2 is 2.00 bits per heavy atom. The first-order valence-corrected chi connectivity index (χ1v) is 6.90. The number of nitrogens with two attached hydrogens (primary N) is 1. The minimum atomic E-state index is -1.02. The molecule has 0 unspecified atom stereocenters. The lowest BCUT2D eigenvalue weighted by atomic mass is 10.0. The standard InChI is InChI=1S/C15H20N2O3/c16-12-8-4-7-11(12)14(18)17-13(15(19)20)9-10-5-2-1-3-6-10/h1-3,5-6,11-13H,4,7-9,16H2,(H,17,18)(H,19,20)/t11-,12+,13-/m0/s1. The summed E-state index contributed by atoms with van der Waals surface area (Å²) in [6.45, 7) is 0. The second kappa shape index (κ2) is 6.52. The van der Waals surface area contributed by atoms with Crippen LogP contribution in [0.2, 0.25) is 0 Å². The predicted molar refractivity (Wildman–Crippen MR) is 75.0 cm³/mol. The van der Waals surface area contributed by atoms with Crippen LogP contribution in [0.3, 0.4) is 0 Å². The highest BCUT2D eigenvalue weighted by Gasteiger charge is 2.32. The van der Waals surface area contributed by atoms with Crippen molar-refractivity contribution in [3.63, 3.8) is 0 Å². The molecule has 0 saturated heterocycles. The molecule has 20 heavy (non-hydrogen) atoms. The van der Waals surface area contributed by atoms with Crippen molar-refractivity contribution in [1.82, 2.24) is 5.32 Å². The third kappa shape index (κ3) is 3.57. The third-order valence-electron chi connectivity index (χ3n) is 3.80. The van der Waals surface area contributed by atoms with Crippen molar-refractivity contribution >= 4 is 11.9 Å². The molecular weight excluding hydrogens is 256 g/mol. The van der Waals surface area contributed by atoms with Crippen LogP contribution in [-0.2, 0) is 16.0 Å². The van der Waals surface area contributed by atoms with Crippen molar-refractivity contribution in [1.29, 1.82) is 0 Å². The summed E-state index contributed by atoms with van der Waals surface area (Å²) in [5.41, 5.74) is 6.76. The zero-order valence-electron chi connectivity index (χ0n) is 11.3. The molecule has 0 radical (unpaired) electrons. The lowest BCUT2D eigenvalue weighted by Crippen LogP contribution is -2.47. The molecule has 0 aromatic heterocycles. The van der Waals surface area contributed by atoms with Crippen molar-refractivity contribution in [3.8, 4) is 0 Å². The normalized spacial score (nSPS) is 23.2. The average Bonchev–Trinajstić information content (AvgIpc) is 2.85. The molecule has 1 amide bonds. The van der Waals surface area contributed by atoms with E-state index in [9.17, 15) is 14.7 Å². The van der Waals surface area contributed by atoms with Gasteiger partial charge in [0.1, 0.15) is 6.04 Å². The Labute approximate surface area is 118 Å². The van der Waals surface area contributed by atoms with Gasteiger partial charge in [0.05, 0.1) is 5.92 Å². The number of benzene rings is 1. The molecule has 1 aliphatic rings. The van der Waals surface area contributed by atoms with E-state index in [-0.39, 0.29) is 24.3 Å². The van der Waals surface area contributed by atoms with Gasteiger partial charge in [0.25, 0.3) is 0 Å². The number of hydrogen-bond acceptors (Lipinski definition) is 3. The fourth-order valence-electron chi connectivity index (χ4n) is 2.64. The number of nitrogens with one attached hydrogen (secondary N) is 1. The maximum Gasteiger partial charge on any atom is 0.326 e. The smallest absolute Gasteiger partial charge is 0.326 e. The molecule has 1 aromatic rings. The molecule has 0 spiro atoms. The van der Waals surface area contributed by atoms with Crippen molar-refractivity contribution in [2.45, 2.75) is 37.8 Å². The van der Waals surface area contributed by atoms with Gasteiger partial charge < -0.3 is 16.2 Å². The second-order valence-electron chi connectivity index (χ2n) is 5.29. The summed E-state index contributed by atoms with van der Waals surface area (Å²) < 4.78 is 0. The molecule has 1 aliphatic carbocycles. The second-order valence-corrected chi connectivity index (χ2v) is 5.29. The fraction of sp³-hybridized carbons (Fsp3) is 0.467. The third-order valence-corrected chi connectivity index (χ3v) is 3.80. The van der Waals surface area contributed by atoms with Gasteiger partial charge in [-0.25, -0.2) is 4.79 Å². The summed E-state index contributed by atoms with van der Waals surface area (Å²) in [5.74, 6) is -1.51. The van der Waals surface area contributed by atoms with E-state index in [1.807, 2.05) is 30.3 Å². The number of aliphatic carboxylic acids is 1. The first kappa shape index (κ1) is 14.5. The highest BCUT2D eigenvalue weighted by molar-refractivity contribution is 5.85. The predicted octanol–water partition coefficient (Wildman–Crippen LogP) is 0.926. The highest BCUT2D eigenvalue weighted by Crippen LogP contribution is 2.24. The molecule has 1 fully saturated rings. The number of hydrogen-bond donors (Lipinski definition) is 3. The fourth-order valence-corrected chi connectivity index (χ4v) is 2.64. The molecule has 0 heterocycles. The van der Waals surface area contributed by atoms with Gasteiger partial charge in [-0.05, 0) is 18.4 Å². The monoisotopic (exact) mass is 276 g/mol. The maximum atomic E-state index is 12.1. The number of carboxylic acid groups (broad SMARTS) is 1. The number of amides is 1. The summed E-state index contributed by atoms with van der Waals surface area (Å²) in [4.78, 5) is 23.4. The molecule has 5 nitrogen and oxygen atoms in total. The van der Waals surface area contributed by atoms with E-state index in [2.05, 4.69) is 5.32 Å². The minimum Gasteiger partial charge on any atom is -0.480 e. The molecule has 3 atom stereocenters. The lowest BCUT2D eigenvalue weighted by molar-refractivity contribution is -0.142. The Morgan fingerprint density at radius 1 is 1.30 bits per heavy atom.